The number of carbonyl (C=O) groups is 1. The number of phenolic OH excluding ortho intramolecular Hbond substituents is 1. The Morgan fingerprint density at radius 1 is 0.821 bits per heavy atom. The van der Waals surface area contributed by atoms with Gasteiger partial charge in [-0.25, -0.2) is 4.79 Å². The molecule has 0 fully saturated rings. The Morgan fingerprint density at radius 3 is 2.41 bits per heavy atom. The van der Waals surface area contributed by atoms with Crippen LogP contribution in [-0.4, -0.2) is 16.1 Å². The second kappa shape index (κ2) is 7.61. The lowest BCUT2D eigenvalue weighted by molar-refractivity contribution is 0.0224. The topological polar surface area (TPSA) is 93.8 Å². The molecule has 2 aliphatic heterocycles. The molecule has 2 aliphatic rings. The molecule has 0 saturated carbocycles. The van der Waals surface area contributed by atoms with Crippen LogP contribution in [0, 0.1) is 6.92 Å². The number of aromatic nitrogens is 1. The maximum atomic E-state index is 13.4. The zero-order valence-electron chi connectivity index (χ0n) is 20.7. The fourth-order valence-electron chi connectivity index (χ4n) is 5.69. The number of benzene rings is 5. The van der Waals surface area contributed by atoms with Crippen LogP contribution in [0.15, 0.2) is 95.4 Å². The number of phenols is 1. The fraction of sp³-hybridized carbons (Fsp3) is 0.0625. The minimum absolute atomic E-state index is 0.0651. The van der Waals surface area contributed by atoms with E-state index in [0.717, 1.165) is 27.4 Å². The first-order valence-corrected chi connectivity index (χ1v) is 12.5. The van der Waals surface area contributed by atoms with Crippen molar-refractivity contribution in [2.45, 2.75) is 12.5 Å². The zero-order valence-corrected chi connectivity index (χ0v) is 20.7. The molecule has 0 amide bonds. The van der Waals surface area contributed by atoms with Gasteiger partial charge in [-0.3, -0.25) is 0 Å². The molecule has 0 radical (unpaired) electrons. The number of aromatic hydroxyl groups is 1. The number of aryl methyl sites for hydroxylation is 1. The van der Waals surface area contributed by atoms with E-state index in [9.17, 15) is 9.90 Å². The monoisotopic (exact) mass is 512 g/mol. The molecule has 188 valence electrons. The molecule has 5 aromatic carbocycles. The van der Waals surface area contributed by atoms with E-state index >= 15 is 0 Å². The van der Waals surface area contributed by atoms with E-state index in [2.05, 4.69) is 10.3 Å². The number of oxazole rings is 1. The third-order valence-electron chi connectivity index (χ3n) is 7.45. The van der Waals surface area contributed by atoms with Crippen molar-refractivity contribution in [1.82, 2.24) is 4.98 Å². The summed E-state index contributed by atoms with van der Waals surface area (Å²) in [4.78, 5) is 18.0. The van der Waals surface area contributed by atoms with Gasteiger partial charge in [-0.15, -0.1) is 0 Å². The van der Waals surface area contributed by atoms with Gasteiger partial charge in [-0.1, -0.05) is 42.5 Å². The van der Waals surface area contributed by atoms with E-state index < -0.39 is 11.6 Å². The van der Waals surface area contributed by atoms with Gasteiger partial charge < -0.3 is 24.3 Å². The van der Waals surface area contributed by atoms with Crippen molar-refractivity contribution >= 4 is 39.5 Å². The number of rotatable bonds is 2. The summed E-state index contributed by atoms with van der Waals surface area (Å²) in [5, 5.41) is 15.5. The number of hydrogen-bond donors (Lipinski definition) is 2. The van der Waals surface area contributed by atoms with Crippen LogP contribution in [-0.2, 0) is 10.3 Å². The van der Waals surface area contributed by atoms with Crippen molar-refractivity contribution in [3.05, 3.63) is 119 Å². The normalized spacial score (nSPS) is 17.0. The Balaban J connectivity index is 1.24. The van der Waals surface area contributed by atoms with Crippen molar-refractivity contribution in [2.75, 3.05) is 5.32 Å². The number of ether oxygens (including phenoxy) is 2. The summed E-state index contributed by atoms with van der Waals surface area (Å²) in [6.07, 6.45) is 0. The Bertz CT molecular complexity index is 1900. The first-order chi connectivity index (χ1) is 19.0. The van der Waals surface area contributed by atoms with E-state index in [0.29, 0.717) is 45.5 Å². The van der Waals surface area contributed by atoms with Crippen molar-refractivity contribution in [2.24, 2.45) is 0 Å². The van der Waals surface area contributed by atoms with Gasteiger partial charge in [0.25, 0.3) is 6.01 Å². The second-order valence-electron chi connectivity index (χ2n) is 9.92. The Morgan fingerprint density at radius 2 is 1.56 bits per heavy atom. The Kier molecular flexibility index (Phi) is 4.25. The molecule has 1 spiro atoms. The van der Waals surface area contributed by atoms with Gasteiger partial charge in [0.2, 0.25) is 0 Å². The first kappa shape index (κ1) is 21.8. The molecule has 6 aromatic rings. The van der Waals surface area contributed by atoms with Crippen molar-refractivity contribution in [3.8, 4) is 17.2 Å². The van der Waals surface area contributed by atoms with Gasteiger partial charge in [0.1, 0.15) is 22.8 Å². The average molecular weight is 513 g/mol. The van der Waals surface area contributed by atoms with Gasteiger partial charge in [-0.2, -0.15) is 4.98 Å². The van der Waals surface area contributed by atoms with Crippen LogP contribution in [0.4, 0.5) is 11.7 Å². The summed E-state index contributed by atoms with van der Waals surface area (Å²) in [6, 6.07) is 28.5. The quantitative estimate of drug-likeness (QED) is 0.235. The number of nitrogens with one attached hydrogen (secondary N) is 1. The molecule has 0 aliphatic carbocycles. The number of esters is 1. The van der Waals surface area contributed by atoms with Gasteiger partial charge in [-0.05, 0) is 65.7 Å². The van der Waals surface area contributed by atoms with E-state index in [1.807, 2.05) is 73.7 Å². The van der Waals surface area contributed by atoms with Crippen molar-refractivity contribution in [3.63, 3.8) is 0 Å². The Labute approximate surface area is 222 Å². The highest BCUT2D eigenvalue weighted by molar-refractivity contribution is 5.98. The Hall–Kier alpha value is -5.30. The number of carbonyl (C=O) groups excluding carboxylic acids is 1. The van der Waals surface area contributed by atoms with Crippen LogP contribution in [0.1, 0.15) is 32.6 Å². The number of hydrogen-bond acceptors (Lipinski definition) is 7. The number of anilines is 2. The van der Waals surface area contributed by atoms with Crippen LogP contribution in [0.5, 0.6) is 17.2 Å². The maximum Gasteiger partial charge on any atom is 0.340 e. The van der Waals surface area contributed by atoms with Gasteiger partial charge >= 0.3 is 5.97 Å². The maximum absolute atomic E-state index is 13.4. The SMILES string of the molecule is Cc1ccc2c(c1)Oc1cc(O)ccc1C21OC(=O)c2cc(Nc3nc4cc5ccccc5cc4o3)ccc21. The van der Waals surface area contributed by atoms with E-state index in [4.69, 9.17) is 13.9 Å². The van der Waals surface area contributed by atoms with Crippen molar-refractivity contribution < 1.29 is 23.8 Å². The molecule has 0 saturated heterocycles. The highest BCUT2D eigenvalue weighted by Gasteiger charge is 2.53. The van der Waals surface area contributed by atoms with Crippen LogP contribution in [0.3, 0.4) is 0 Å². The first-order valence-electron chi connectivity index (χ1n) is 12.5. The predicted molar refractivity (Wildman–Crippen MR) is 146 cm³/mol. The summed E-state index contributed by atoms with van der Waals surface area (Å²) < 4.78 is 18.3. The number of fused-ring (bicyclic) bond motifs is 8. The molecule has 3 heterocycles. The third-order valence-corrected chi connectivity index (χ3v) is 7.45. The zero-order chi connectivity index (χ0) is 26.3. The molecule has 39 heavy (non-hydrogen) atoms. The minimum Gasteiger partial charge on any atom is -0.508 e. The highest BCUT2D eigenvalue weighted by Crippen LogP contribution is 2.56. The molecule has 7 heteroatoms. The third kappa shape index (κ3) is 3.10. The van der Waals surface area contributed by atoms with Gasteiger partial charge in [0.15, 0.2) is 11.2 Å². The molecule has 2 N–H and O–H groups in total. The largest absolute Gasteiger partial charge is 0.508 e. The van der Waals surface area contributed by atoms with E-state index in [-0.39, 0.29) is 5.75 Å². The molecule has 1 aromatic heterocycles. The van der Waals surface area contributed by atoms with Crippen LogP contribution < -0.4 is 10.1 Å². The molecular formula is C32H20N2O5. The molecular weight excluding hydrogens is 492 g/mol. The molecule has 0 bridgehead atoms. The minimum atomic E-state index is -1.20. The summed E-state index contributed by atoms with van der Waals surface area (Å²) in [7, 11) is 0. The fourth-order valence-corrected chi connectivity index (χ4v) is 5.69. The number of nitrogens with zero attached hydrogens (tertiary/aromatic N) is 1. The summed E-state index contributed by atoms with van der Waals surface area (Å²) in [5.41, 5.74) is 4.35. The van der Waals surface area contributed by atoms with Gasteiger partial charge in [0, 0.05) is 28.4 Å². The second-order valence-corrected chi connectivity index (χ2v) is 9.92. The summed E-state index contributed by atoms with van der Waals surface area (Å²) in [5.74, 6) is 0.630. The lowest BCUT2D eigenvalue weighted by Crippen LogP contribution is -2.33. The molecule has 8 rings (SSSR count). The molecule has 7 nitrogen and oxygen atoms in total. The lowest BCUT2D eigenvalue weighted by atomic mass is 9.77. The van der Waals surface area contributed by atoms with Crippen LogP contribution in [0.25, 0.3) is 21.9 Å². The smallest absolute Gasteiger partial charge is 0.340 e. The van der Waals surface area contributed by atoms with Crippen LogP contribution in [0.2, 0.25) is 0 Å². The lowest BCUT2D eigenvalue weighted by Gasteiger charge is -2.36. The molecule has 1 unspecified atom stereocenters. The summed E-state index contributed by atoms with van der Waals surface area (Å²) in [6.45, 7) is 1.97. The predicted octanol–water partition coefficient (Wildman–Crippen LogP) is 7.31. The van der Waals surface area contributed by atoms with E-state index in [1.165, 1.54) is 0 Å². The van der Waals surface area contributed by atoms with E-state index in [1.54, 1.807) is 24.3 Å². The standard InChI is InChI=1S/C32H20N2O5/c1-17-6-9-24-27(12-17)37-28-16-21(35)8-11-25(28)32(24)23-10-7-20(15-22(23)30(36)39-32)33-31-34-26-13-18-4-2-3-5-19(18)14-29(26)38-31/h2-16,35H,1H3,(H,33,34). The van der Waals surface area contributed by atoms with Crippen LogP contribution >= 0.6 is 0 Å². The average Bonchev–Trinajstić information content (AvgIpc) is 3.44. The van der Waals surface area contributed by atoms with Crippen molar-refractivity contribution in [1.29, 1.82) is 0 Å². The molecule has 1 atom stereocenters. The summed E-state index contributed by atoms with van der Waals surface area (Å²) >= 11 is 0. The van der Waals surface area contributed by atoms with Gasteiger partial charge in [0.05, 0.1) is 5.56 Å². The highest BCUT2D eigenvalue weighted by atomic mass is 16.6.